The molecule has 5 heteroatoms. The first-order valence-electron chi connectivity index (χ1n) is 31.8. The fourth-order valence-electron chi connectivity index (χ4n) is 8.86. The highest BCUT2D eigenvalue weighted by Crippen LogP contribution is 2.15. The van der Waals surface area contributed by atoms with Crippen LogP contribution in [-0.2, 0) is 23.8 Å². The van der Waals surface area contributed by atoms with Gasteiger partial charge in [0, 0.05) is 19.4 Å². The summed E-state index contributed by atoms with van der Waals surface area (Å²) in [6.07, 6.45) is 87.2. The Kier molecular flexibility index (Phi) is 61.4. The molecule has 0 saturated heterocycles. The van der Waals surface area contributed by atoms with Gasteiger partial charge in [-0.3, -0.25) is 9.59 Å². The molecule has 0 saturated carbocycles. The second kappa shape index (κ2) is 64.1. The highest BCUT2D eigenvalue weighted by Gasteiger charge is 2.17. The monoisotopic (exact) mass is 1030 g/mol. The Morgan fingerprint density at radius 1 is 0.311 bits per heavy atom. The quantitative estimate of drug-likeness (QED) is 0.0345. The molecule has 0 fully saturated rings. The van der Waals surface area contributed by atoms with E-state index in [1.54, 1.807) is 0 Å². The number of allylic oxidation sites excluding steroid dienone is 16. The third-order valence-corrected chi connectivity index (χ3v) is 13.6. The van der Waals surface area contributed by atoms with Crippen molar-refractivity contribution in [2.75, 3.05) is 19.8 Å². The molecule has 0 aliphatic rings. The molecule has 0 aromatic rings. The lowest BCUT2D eigenvalue weighted by Crippen LogP contribution is -2.30. The van der Waals surface area contributed by atoms with Crippen LogP contribution < -0.4 is 0 Å². The van der Waals surface area contributed by atoms with Crippen LogP contribution in [0.4, 0.5) is 0 Å². The van der Waals surface area contributed by atoms with Crippen molar-refractivity contribution in [1.82, 2.24) is 0 Å². The minimum atomic E-state index is -0.557. The van der Waals surface area contributed by atoms with Gasteiger partial charge in [0.15, 0.2) is 6.10 Å². The Bertz CT molecular complexity index is 1400. The number of unbranched alkanes of at least 4 members (excludes halogenated alkanes) is 31. The van der Waals surface area contributed by atoms with E-state index in [2.05, 4.69) is 118 Å². The lowest BCUT2D eigenvalue weighted by molar-refractivity contribution is -0.163. The van der Waals surface area contributed by atoms with Gasteiger partial charge >= 0.3 is 11.9 Å². The molecule has 74 heavy (non-hydrogen) atoms. The van der Waals surface area contributed by atoms with Gasteiger partial charge in [0.25, 0.3) is 0 Å². The zero-order chi connectivity index (χ0) is 53.4. The van der Waals surface area contributed by atoms with Crippen LogP contribution in [0.3, 0.4) is 0 Å². The summed E-state index contributed by atoms with van der Waals surface area (Å²) >= 11 is 0. The van der Waals surface area contributed by atoms with Gasteiger partial charge in [0.1, 0.15) is 6.61 Å². The number of hydrogen-bond donors (Lipinski definition) is 0. The minimum absolute atomic E-state index is 0.0685. The van der Waals surface area contributed by atoms with Gasteiger partial charge < -0.3 is 14.2 Å². The topological polar surface area (TPSA) is 61.8 Å². The molecule has 426 valence electrons. The van der Waals surface area contributed by atoms with Gasteiger partial charge in [-0.05, 0) is 122 Å². The van der Waals surface area contributed by atoms with E-state index >= 15 is 0 Å². The van der Waals surface area contributed by atoms with Crippen LogP contribution in [-0.4, -0.2) is 37.9 Å². The molecule has 0 radical (unpaired) electrons. The van der Waals surface area contributed by atoms with E-state index in [0.29, 0.717) is 19.4 Å². The first-order valence-corrected chi connectivity index (χ1v) is 31.8. The summed E-state index contributed by atoms with van der Waals surface area (Å²) in [4.78, 5) is 25.6. The van der Waals surface area contributed by atoms with Gasteiger partial charge in [-0.15, -0.1) is 0 Å². The highest BCUT2D eigenvalue weighted by atomic mass is 16.6. The van der Waals surface area contributed by atoms with Crippen LogP contribution >= 0.6 is 0 Å². The molecule has 0 aromatic carbocycles. The number of hydrogen-bond acceptors (Lipinski definition) is 5. The van der Waals surface area contributed by atoms with E-state index in [4.69, 9.17) is 14.2 Å². The second-order valence-electron chi connectivity index (χ2n) is 20.9. The lowest BCUT2D eigenvalue weighted by atomic mass is 10.1. The molecule has 0 heterocycles. The molecule has 0 bridgehead atoms. The fourth-order valence-corrected chi connectivity index (χ4v) is 8.86. The van der Waals surface area contributed by atoms with Crippen molar-refractivity contribution in [3.05, 3.63) is 97.2 Å². The van der Waals surface area contributed by atoms with Crippen LogP contribution in [0.5, 0.6) is 0 Å². The first kappa shape index (κ1) is 70.8. The minimum Gasteiger partial charge on any atom is -0.462 e. The molecule has 0 rings (SSSR count). The Morgan fingerprint density at radius 3 is 1.01 bits per heavy atom. The zero-order valence-corrected chi connectivity index (χ0v) is 49.1. The predicted octanol–water partition coefficient (Wildman–Crippen LogP) is 22.1. The largest absolute Gasteiger partial charge is 0.462 e. The molecular formula is C69H120O5. The molecule has 0 aliphatic carbocycles. The first-order chi connectivity index (χ1) is 36.6. The number of ether oxygens (including phenoxy) is 3. The molecule has 1 atom stereocenters. The summed E-state index contributed by atoms with van der Waals surface area (Å²) in [6.45, 7) is 7.68. The number of esters is 2. The van der Waals surface area contributed by atoms with E-state index in [9.17, 15) is 9.59 Å². The normalized spacial score (nSPS) is 12.9. The Balaban J connectivity index is 4.34. The Labute approximate surface area is 460 Å². The van der Waals surface area contributed by atoms with Gasteiger partial charge in [0.2, 0.25) is 0 Å². The zero-order valence-electron chi connectivity index (χ0n) is 49.1. The predicted molar refractivity (Wildman–Crippen MR) is 325 cm³/mol. The summed E-state index contributed by atoms with van der Waals surface area (Å²) in [5, 5.41) is 0. The van der Waals surface area contributed by atoms with E-state index in [-0.39, 0.29) is 25.2 Å². The maximum absolute atomic E-state index is 12.9. The summed E-state index contributed by atoms with van der Waals surface area (Å²) < 4.78 is 17.5. The van der Waals surface area contributed by atoms with Crippen molar-refractivity contribution < 1.29 is 23.8 Å². The summed E-state index contributed by atoms with van der Waals surface area (Å²) in [5.41, 5.74) is 0. The summed E-state index contributed by atoms with van der Waals surface area (Å²) in [6, 6.07) is 0. The Hall–Kier alpha value is -3.18. The number of rotatable bonds is 58. The van der Waals surface area contributed by atoms with Crippen LogP contribution in [0.2, 0.25) is 0 Å². The van der Waals surface area contributed by atoms with Crippen LogP contribution in [0.1, 0.15) is 303 Å². The van der Waals surface area contributed by atoms with Crippen molar-refractivity contribution in [2.45, 2.75) is 309 Å². The third kappa shape index (κ3) is 61.4. The van der Waals surface area contributed by atoms with Crippen molar-refractivity contribution in [3.63, 3.8) is 0 Å². The molecule has 1 unspecified atom stereocenters. The van der Waals surface area contributed by atoms with E-state index in [1.165, 1.54) is 167 Å². The third-order valence-electron chi connectivity index (χ3n) is 13.6. The molecule has 0 aromatic heterocycles. The molecule has 5 nitrogen and oxygen atoms in total. The maximum atomic E-state index is 12.9. The van der Waals surface area contributed by atoms with E-state index in [1.807, 2.05) is 0 Å². The fraction of sp³-hybridized carbons (Fsp3) is 0.739. The van der Waals surface area contributed by atoms with Gasteiger partial charge in [0.05, 0.1) is 6.61 Å². The van der Waals surface area contributed by atoms with Crippen molar-refractivity contribution in [1.29, 1.82) is 0 Å². The van der Waals surface area contributed by atoms with Gasteiger partial charge in [-0.1, -0.05) is 266 Å². The molecule has 0 spiro atoms. The molecule has 0 N–H and O–H groups in total. The second-order valence-corrected chi connectivity index (χ2v) is 20.9. The number of carbonyl (C=O) groups is 2. The highest BCUT2D eigenvalue weighted by molar-refractivity contribution is 5.70. The smallest absolute Gasteiger partial charge is 0.306 e. The average molecular weight is 1030 g/mol. The standard InChI is InChI=1S/C69H120O5/c1-4-7-10-13-16-19-22-25-28-31-34-37-40-43-46-49-52-55-58-61-64-72-65-67(74-69(71)63-60-57-54-51-48-45-42-39-36-33-30-27-24-21-18-15-12-9-6-3)66-73-68(70)62-59-56-53-50-47-44-41-38-35-32-29-26-23-20-17-14-11-8-5-2/h8,11,17-18,20-21,25-30,35-36,38-39,67H,4-7,9-10,12-16,19,22-24,31-34,37,40-66H2,1-3H3/b11-8-,20-17-,21-18-,28-25-,29-26-,30-27-,38-35-,39-36-. The molecule has 0 amide bonds. The van der Waals surface area contributed by atoms with Gasteiger partial charge in [-0.2, -0.15) is 0 Å². The van der Waals surface area contributed by atoms with Crippen LogP contribution in [0.15, 0.2) is 97.2 Å². The summed E-state index contributed by atoms with van der Waals surface area (Å²) in [5.74, 6) is -0.421. The van der Waals surface area contributed by atoms with Crippen molar-refractivity contribution in [3.8, 4) is 0 Å². The number of carbonyl (C=O) groups excluding carboxylic acids is 2. The Morgan fingerprint density at radius 2 is 0.608 bits per heavy atom. The summed E-state index contributed by atoms with van der Waals surface area (Å²) in [7, 11) is 0. The lowest BCUT2D eigenvalue weighted by Gasteiger charge is -2.18. The average Bonchev–Trinajstić information content (AvgIpc) is 3.40. The van der Waals surface area contributed by atoms with E-state index in [0.717, 1.165) is 103 Å². The maximum Gasteiger partial charge on any atom is 0.306 e. The van der Waals surface area contributed by atoms with Crippen LogP contribution in [0.25, 0.3) is 0 Å². The van der Waals surface area contributed by atoms with Crippen molar-refractivity contribution >= 4 is 11.9 Å². The van der Waals surface area contributed by atoms with Gasteiger partial charge in [-0.25, -0.2) is 0 Å². The van der Waals surface area contributed by atoms with E-state index < -0.39 is 6.10 Å². The van der Waals surface area contributed by atoms with Crippen LogP contribution in [0, 0.1) is 0 Å². The molecular weight excluding hydrogens is 909 g/mol. The SMILES string of the molecule is CC/C=C\C/C=C\C/C=C\C/C=C\CCCCCCCCC(=O)OCC(COCCCCCCCCCCCC/C=C\CCCCCCCC)OC(=O)CCCCCCCC/C=C\C/C=C\C/C=C\CCCCC. The van der Waals surface area contributed by atoms with Crippen molar-refractivity contribution in [2.24, 2.45) is 0 Å². The molecule has 0 aliphatic heterocycles.